The Morgan fingerprint density at radius 3 is 2.26 bits per heavy atom. The highest BCUT2D eigenvalue weighted by Gasteiger charge is 2.26. The normalized spacial score (nSPS) is 15.5. The molecule has 1 saturated heterocycles. The summed E-state index contributed by atoms with van der Waals surface area (Å²) in [6.07, 6.45) is 0.501. The second-order valence-electron chi connectivity index (χ2n) is 6.77. The number of nitrogens with one attached hydrogen (secondary N) is 2. The predicted molar refractivity (Wildman–Crippen MR) is 101 cm³/mol. The van der Waals surface area contributed by atoms with Gasteiger partial charge in [-0.25, -0.2) is 8.42 Å². The molecule has 150 valence electrons. The Bertz CT molecular complexity index is 741. The van der Waals surface area contributed by atoms with Crippen molar-refractivity contribution in [3.05, 3.63) is 29.8 Å². The molecule has 1 aromatic carbocycles. The van der Waals surface area contributed by atoms with Crippen molar-refractivity contribution in [1.82, 2.24) is 14.9 Å². The zero-order valence-corrected chi connectivity index (χ0v) is 16.5. The number of carbonyl (C=O) groups is 2. The van der Waals surface area contributed by atoms with E-state index in [9.17, 15) is 18.0 Å². The average molecular weight is 397 g/mol. The molecule has 0 spiro atoms. The van der Waals surface area contributed by atoms with Gasteiger partial charge < -0.3 is 15.4 Å². The largest absolute Gasteiger partial charge is 0.379 e. The number of ether oxygens (including phenoxy) is 1. The fraction of sp³-hybridized carbons (Fsp3) is 0.556. The number of hydrogen-bond acceptors (Lipinski definition) is 5. The molecule has 8 nitrogen and oxygen atoms in total. The fourth-order valence-corrected chi connectivity index (χ4v) is 3.95. The Labute approximate surface area is 160 Å². The van der Waals surface area contributed by atoms with E-state index in [0.717, 1.165) is 5.56 Å². The Morgan fingerprint density at radius 1 is 1.07 bits per heavy atom. The van der Waals surface area contributed by atoms with Crippen molar-refractivity contribution < 1.29 is 22.7 Å². The number of sulfonamides is 1. The number of hydrogen-bond donors (Lipinski definition) is 2. The maximum absolute atomic E-state index is 12.6. The highest BCUT2D eigenvalue weighted by Crippen LogP contribution is 2.17. The molecule has 0 aromatic heterocycles. The molecule has 2 N–H and O–H groups in total. The molecule has 1 heterocycles. The first-order valence-corrected chi connectivity index (χ1v) is 10.5. The van der Waals surface area contributed by atoms with Crippen LogP contribution in [0.4, 0.5) is 0 Å². The van der Waals surface area contributed by atoms with Crippen LogP contribution in [-0.2, 0) is 30.8 Å². The predicted octanol–water partition coefficient (Wildman–Crippen LogP) is 0.138. The summed E-state index contributed by atoms with van der Waals surface area (Å²) in [6.45, 7) is 6.16. The third-order valence-electron chi connectivity index (χ3n) is 4.11. The molecule has 1 aliphatic rings. The number of nitrogens with zero attached hydrogens (tertiary/aromatic N) is 1. The summed E-state index contributed by atoms with van der Waals surface area (Å²) in [5.41, 5.74) is 0.874. The highest BCUT2D eigenvalue weighted by atomic mass is 32.2. The number of carbonyl (C=O) groups excluding carboxylic acids is 2. The zero-order chi connectivity index (χ0) is 19.9. The van der Waals surface area contributed by atoms with Crippen LogP contribution in [0.5, 0.6) is 0 Å². The molecule has 0 atom stereocenters. The van der Waals surface area contributed by atoms with Crippen LogP contribution in [0.15, 0.2) is 29.2 Å². The van der Waals surface area contributed by atoms with Crippen molar-refractivity contribution in [1.29, 1.82) is 0 Å². The average Bonchev–Trinajstić information content (AvgIpc) is 2.67. The minimum atomic E-state index is -3.51. The van der Waals surface area contributed by atoms with Crippen molar-refractivity contribution in [2.45, 2.75) is 25.2 Å². The molecule has 0 bridgehead atoms. The van der Waals surface area contributed by atoms with E-state index in [1.54, 1.807) is 24.3 Å². The highest BCUT2D eigenvalue weighted by molar-refractivity contribution is 7.89. The molecule has 1 fully saturated rings. The molecule has 1 aliphatic heterocycles. The van der Waals surface area contributed by atoms with Crippen molar-refractivity contribution in [2.75, 3.05) is 39.4 Å². The maximum atomic E-state index is 12.6. The minimum Gasteiger partial charge on any atom is -0.379 e. The lowest BCUT2D eigenvalue weighted by Crippen LogP contribution is -2.41. The summed E-state index contributed by atoms with van der Waals surface area (Å²) in [5.74, 6) is -1.04. The molecular formula is C18H27N3O5S. The van der Waals surface area contributed by atoms with E-state index in [0.29, 0.717) is 45.8 Å². The second kappa shape index (κ2) is 9.82. The molecule has 0 radical (unpaired) electrons. The van der Waals surface area contributed by atoms with Crippen LogP contribution in [0.1, 0.15) is 19.4 Å². The molecular weight excluding hydrogens is 370 g/mol. The quantitative estimate of drug-likeness (QED) is 0.637. The summed E-state index contributed by atoms with van der Waals surface area (Å²) in [6, 6.07) is 6.57. The number of rotatable bonds is 7. The van der Waals surface area contributed by atoms with Gasteiger partial charge in [-0.15, -0.1) is 0 Å². The van der Waals surface area contributed by atoms with E-state index < -0.39 is 21.8 Å². The Balaban J connectivity index is 1.83. The van der Waals surface area contributed by atoms with Crippen LogP contribution < -0.4 is 10.6 Å². The lowest BCUT2D eigenvalue weighted by Gasteiger charge is -2.26. The van der Waals surface area contributed by atoms with Gasteiger partial charge in [0.1, 0.15) is 0 Å². The zero-order valence-electron chi connectivity index (χ0n) is 15.7. The summed E-state index contributed by atoms with van der Waals surface area (Å²) >= 11 is 0. The molecule has 9 heteroatoms. The van der Waals surface area contributed by atoms with Gasteiger partial charge in [0.05, 0.1) is 18.1 Å². The first kappa shape index (κ1) is 21.3. The first-order chi connectivity index (χ1) is 12.8. The number of amides is 2. The molecule has 27 heavy (non-hydrogen) atoms. The van der Waals surface area contributed by atoms with Gasteiger partial charge in [-0.3, -0.25) is 9.59 Å². The number of morpholine rings is 1. The second-order valence-corrected chi connectivity index (χ2v) is 8.71. The Morgan fingerprint density at radius 2 is 1.67 bits per heavy atom. The third-order valence-corrected chi connectivity index (χ3v) is 6.02. The van der Waals surface area contributed by atoms with Crippen LogP contribution in [0.25, 0.3) is 0 Å². The SMILES string of the molecule is CC(C)CNC(=O)C(=O)NCCc1ccc(S(=O)(=O)N2CCOCC2)cc1. The van der Waals surface area contributed by atoms with Gasteiger partial charge >= 0.3 is 11.8 Å². The van der Waals surface area contributed by atoms with E-state index in [-0.39, 0.29) is 10.8 Å². The first-order valence-electron chi connectivity index (χ1n) is 9.03. The van der Waals surface area contributed by atoms with Gasteiger partial charge in [-0.2, -0.15) is 4.31 Å². The van der Waals surface area contributed by atoms with Gasteiger partial charge in [0.2, 0.25) is 10.0 Å². The summed E-state index contributed by atoms with van der Waals surface area (Å²) in [4.78, 5) is 23.5. The monoisotopic (exact) mass is 397 g/mol. The van der Waals surface area contributed by atoms with Crippen molar-refractivity contribution in [3.63, 3.8) is 0 Å². The maximum Gasteiger partial charge on any atom is 0.309 e. The molecule has 0 saturated carbocycles. The van der Waals surface area contributed by atoms with Crippen LogP contribution in [0, 0.1) is 5.92 Å². The van der Waals surface area contributed by atoms with Gasteiger partial charge in [0.25, 0.3) is 0 Å². The summed E-state index contributed by atoms with van der Waals surface area (Å²) in [7, 11) is -3.51. The van der Waals surface area contributed by atoms with E-state index in [4.69, 9.17) is 4.74 Å². The van der Waals surface area contributed by atoms with E-state index in [1.807, 2.05) is 13.8 Å². The van der Waals surface area contributed by atoms with Gasteiger partial charge in [-0.05, 0) is 30.0 Å². The Kier molecular flexibility index (Phi) is 7.76. The van der Waals surface area contributed by atoms with Crippen molar-refractivity contribution in [3.8, 4) is 0 Å². The lowest BCUT2D eigenvalue weighted by molar-refractivity contribution is -0.139. The fourth-order valence-electron chi connectivity index (χ4n) is 2.54. The van der Waals surface area contributed by atoms with E-state index in [2.05, 4.69) is 10.6 Å². The standard InChI is InChI=1S/C18H27N3O5S/c1-14(2)13-20-18(23)17(22)19-8-7-15-3-5-16(6-4-15)27(24,25)21-9-11-26-12-10-21/h3-6,14H,7-13H2,1-2H3,(H,19,22)(H,20,23). The number of benzene rings is 1. The summed E-state index contributed by atoms with van der Waals surface area (Å²) < 4.78 is 31.7. The Hall–Kier alpha value is -1.97. The van der Waals surface area contributed by atoms with E-state index in [1.165, 1.54) is 4.31 Å². The van der Waals surface area contributed by atoms with Crippen LogP contribution in [-0.4, -0.2) is 63.9 Å². The molecule has 2 amide bonds. The van der Waals surface area contributed by atoms with E-state index >= 15 is 0 Å². The van der Waals surface area contributed by atoms with Crippen LogP contribution in [0.3, 0.4) is 0 Å². The minimum absolute atomic E-state index is 0.241. The molecule has 0 unspecified atom stereocenters. The van der Waals surface area contributed by atoms with Crippen LogP contribution >= 0.6 is 0 Å². The van der Waals surface area contributed by atoms with Gasteiger partial charge in [0, 0.05) is 26.2 Å². The van der Waals surface area contributed by atoms with Crippen molar-refractivity contribution in [2.24, 2.45) is 5.92 Å². The molecule has 0 aliphatic carbocycles. The molecule has 1 aromatic rings. The van der Waals surface area contributed by atoms with Gasteiger partial charge in [0.15, 0.2) is 0 Å². The van der Waals surface area contributed by atoms with Crippen LogP contribution in [0.2, 0.25) is 0 Å². The van der Waals surface area contributed by atoms with Crippen molar-refractivity contribution >= 4 is 21.8 Å². The smallest absolute Gasteiger partial charge is 0.309 e. The molecule has 2 rings (SSSR count). The summed E-state index contributed by atoms with van der Waals surface area (Å²) in [5, 5.41) is 5.11. The third kappa shape index (κ3) is 6.30. The van der Waals surface area contributed by atoms with Gasteiger partial charge in [-0.1, -0.05) is 26.0 Å². The lowest BCUT2D eigenvalue weighted by atomic mass is 10.1. The topological polar surface area (TPSA) is 105 Å².